The molecule has 0 amide bonds. The Bertz CT molecular complexity index is 608. The summed E-state index contributed by atoms with van der Waals surface area (Å²) in [6.45, 7) is 2.03. The highest BCUT2D eigenvalue weighted by Gasteiger charge is 2.25. The van der Waals surface area contributed by atoms with E-state index in [2.05, 4.69) is 5.32 Å². The lowest BCUT2D eigenvalue weighted by molar-refractivity contribution is 0.437. The van der Waals surface area contributed by atoms with E-state index in [1.807, 2.05) is 24.3 Å². The maximum atomic E-state index is 12.5. The van der Waals surface area contributed by atoms with E-state index >= 15 is 0 Å². The van der Waals surface area contributed by atoms with Crippen molar-refractivity contribution in [2.75, 3.05) is 25.0 Å². The number of anilines is 1. The second-order valence-corrected chi connectivity index (χ2v) is 6.91. The van der Waals surface area contributed by atoms with Gasteiger partial charge in [0.15, 0.2) is 0 Å². The molecule has 102 valence electrons. The summed E-state index contributed by atoms with van der Waals surface area (Å²) < 4.78 is 26.6. The Labute approximate surface area is 114 Å². The molecule has 2 aliphatic heterocycles. The molecule has 0 fully saturated rings. The Morgan fingerprint density at radius 1 is 1.21 bits per heavy atom. The summed E-state index contributed by atoms with van der Waals surface area (Å²) in [7, 11) is -3.34. The van der Waals surface area contributed by atoms with Gasteiger partial charge in [-0.25, -0.2) is 8.42 Å². The summed E-state index contributed by atoms with van der Waals surface area (Å²) in [5.74, 6) is 0. The Balaban J connectivity index is 1.94. The lowest BCUT2D eigenvalue weighted by atomic mass is 10.0. The summed E-state index contributed by atoms with van der Waals surface area (Å²) in [6, 6.07) is 5.43. The second kappa shape index (κ2) is 4.98. The molecule has 0 radical (unpaired) electrons. The van der Waals surface area contributed by atoms with Gasteiger partial charge in [0.25, 0.3) is 0 Å². The van der Waals surface area contributed by atoms with E-state index in [-0.39, 0.29) is 0 Å². The van der Waals surface area contributed by atoms with Gasteiger partial charge in [-0.15, -0.1) is 0 Å². The van der Waals surface area contributed by atoms with Crippen molar-refractivity contribution in [2.24, 2.45) is 0 Å². The average molecular weight is 278 g/mol. The van der Waals surface area contributed by atoms with E-state index in [4.69, 9.17) is 0 Å². The molecule has 5 heteroatoms. The summed E-state index contributed by atoms with van der Waals surface area (Å²) in [5, 5.41) is 3.30. The molecule has 0 unspecified atom stereocenters. The highest BCUT2D eigenvalue weighted by atomic mass is 32.2. The molecule has 1 aromatic rings. The van der Waals surface area contributed by atoms with Crippen LogP contribution in [0.5, 0.6) is 0 Å². The first-order valence-corrected chi connectivity index (χ1v) is 8.14. The van der Waals surface area contributed by atoms with Gasteiger partial charge in [0.05, 0.1) is 4.90 Å². The number of hydrogen-bond acceptors (Lipinski definition) is 3. The van der Waals surface area contributed by atoms with Gasteiger partial charge >= 0.3 is 0 Å². The highest BCUT2D eigenvalue weighted by Crippen LogP contribution is 2.27. The van der Waals surface area contributed by atoms with Crippen molar-refractivity contribution >= 4 is 15.7 Å². The summed E-state index contributed by atoms with van der Waals surface area (Å²) >= 11 is 0. The average Bonchev–Trinajstić information content (AvgIpc) is 2.47. The van der Waals surface area contributed by atoms with Crippen LogP contribution in [0, 0.1) is 0 Å². The van der Waals surface area contributed by atoms with Crippen molar-refractivity contribution in [3.63, 3.8) is 0 Å². The predicted molar refractivity (Wildman–Crippen MR) is 75.8 cm³/mol. The molecular formula is C14H18N2O2S. The molecule has 4 nitrogen and oxygen atoms in total. The van der Waals surface area contributed by atoms with Crippen LogP contribution >= 0.6 is 0 Å². The predicted octanol–water partition coefficient (Wildman–Crippen LogP) is 2.00. The Hall–Kier alpha value is -1.33. The van der Waals surface area contributed by atoms with E-state index in [1.54, 1.807) is 10.4 Å². The van der Waals surface area contributed by atoms with Crippen molar-refractivity contribution in [2.45, 2.75) is 24.2 Å². The number of aryl methyl sites for hydroxylation is 1. The van der Waals surface area contributed by atoms with Crippen LogP contribution in [0.1, 0.15) is 18.4 Å². The van der Waals surface area contributed by atoms with E-state index in [1.165, 1.54) is 0 Å². The number of benzene rings is 1. The first-order chi connectivity index (χ1) is 9.18. The monoisotopic (exact) mass is 278 g/mol. The molecule has 3 rings (SSSR count). The van der Waals surface area contributed by atoms with Crippen LogP contribution in [0.3, 0.4) is 0 Å². The quantitative estimate of drug-likeness (QED) is 0.842. The van der Waals surface area contributed by atoms with Crippen LogP contribution in [0.25, 0.3) is 0 Å². The Kier molecular flexibility index (Phi) is 3.33. The van der Waals surface area contributed by atoms with Crippen LogP contribution < -0.4 is 5.32 Å². The van der Waals surface area contributed by atoms with Crippen LogP contribution in [-0.4, -0.2) is 32.4 Å². The molecule has 0 spiro atoms. The zero-order valence-electron chi connectivity index (χ0n) is 10.8. The molecule has 19 heavy (non-hydrogen) atoms. The number of sulfonamides is 1. The van der Waals surface area contributed by atoms with Gasteiger partial charge < -0.3 is 5.32 Å². The summed E-state index contributed by atoms with van der Waals surface area (Å²) in [4.78, 5) is 0.422. The number of hydrogen-bond donors (Lipinski definition) is 1. The van der Waals surface area contributed by atoms with Crippen LogP contribution in [-0.2, 0) is 16.4 Å². The van der Waals surface area contributed by atoms with E-state index in [0.717, 1.165) is 37.1 Å². The number of fused-ring (bicyclic) bond motifs is 1. The van der Waals surface area contributed by atoms with Crippen LogP contribution in [0.2, 0.25) is 0 Å². The largest absolute Gasteiger partial charge is 0.385 e. The van der Waals surface area contributed by atoms with Crippen molar-refractivity contribution < 1.29 is 8.42 Å². The number of rotatable bonds is 2. The smallest absolute Gasteiger partial charge is 0.243 e. The zero-order chi connectivity index (χ0) is 13.3. The minimum atomic E-state index is -3.34. The first kappa shape index (κ1) is 12.7. The fourth-order valence-electron chi connectivity index (χ4n) is 2.60. The third-order valence-corrected chi connectivity index (χ3v) is 5.53. The summed E-state index contributed by atoms with van der Waals surface area (Å²) in [5.41, 5.74) is 2.18. The molecular weight excluding hydrogens is 260 g/mol. The minimum absolute atomic E-state index is 0.422. The molecule has 0 aromatic heterocycles. The van der Waals surface area contributed by atoms with Gasteiger partial charge in [-0.1, -0.05) is 12.2 Å². The van der Waals surface area contributed by atoms with Crippen LogP contribution in [0.4, 0.5) is 5.69 Å². The topological polar surface area (TPSA) is 49.4 Å². The fourth-order valence-corrected chi connectivity index (χ4v) is 4.06. The molecule has 0 bridgehead atoms. The third-order valence-electron chi connectivity index (χ3n) is 3.67. The van der Waals surface area contributed by atoms with Gasteiger partial charge in [0, 0.05) is 25.3 Å². The lowest BCUT2D eigenvalue weighted by Crippen LogP contribution is -2.33. The third kappa shape index (κ3) is 2.40. The zero-order valence-corrected chi connectivity index (χ0v) is 11.6. The molecule has 0 aliphatic carbocycles. The Morgan fingerprint density at radius 2 is 2.11 bits per heavy atom. The highest BCUT2D eigenvalue weighted by molar-refractivity contribution is 7.89. The van der Waals surface area contributed by atoms with Crippen LogP contribution in [0.15, 0.2) is 35.2 Å². The first-order valence-electron chi connectivity index (χ1n) is 6.70. The van der Waals surface area contributed by atoms with E-state index in [0.29, 0.717) is 18.0 Å². The molecule has 0 saturated carbocycles. The van der Waals surface area contributed by atoms with Gasteiger partial charge in [-0.3, -0.25) is 0 Å². The van der Waals surface area contributed by atoms with Gasteiger partial charge in [0.1, 0.15) is 0 Å². The molecule has 1 N–H and O–H groups in total. The molecule has 2 heterocycles. The number of nitrogens with one attached hydrogen (secondary N) is 1. The normalized spacial score (nSPS) is 19.8. The molecule has 0 saturated heterocycles. The number of nitrogens with zero attached hydrogens (tertiary/aromatic N) is 1. The summed E-state index contributed by atoms with van der Waals surface area (Å²) in [6.07, 6.45) is 6.75. The maximum absolute atomic E-state index is 12.5. The van der Waals surface area contributed by atoms with E-state index in [9.17, 15) is 8.42 Å². The lowest BCUT2D eigenvalue weighted by Gasteiger charge is -2.24. The SMILES string of the molecule is O=S(=O)(c1ccc2c(c1)CCCN2)N1CC=CCC1. The van der Waals surface area contributed by atoms with Crippen molar-refractivity contribution in [1.82, 2.24) is 4.31 Å². The van der Waals surface area contributed by atoms with Crippen molar-refractivity contribution in [1.29, 1.82) is 0 Å². The Morgan fingerprint density at radius 3 is 2.89 bits per heavy atom. The van der Waals surface area contributed by atoms with Crippen molar-refractivity contribution in [3.8, 4) is 0 Å². The van der Waals surface area contributed by atoms with Crippen molar-refractivity contribution in [3.05, 3.63) is 35.9 Å². The van der Waals surface area contributed by atoms with Gasteiger partial charge in [0.2, 0.25) is 10.0 Å². The minimum Gasteiger partial charge on any atom is -0.385 e. The van der Waals surface area contributed by atoms with E-state index < -0.39 is 10.0 Å². The molecule has 2 aliphatic rings. The fraction of sp³-hybridized carbons (Fsp3) is 0.429. The maximum Gasteiger partial charge on any atom is 0.243 e. The van der Waals surface area contributed by atoms with Gasteiger partial charge in [-0.2, -0.15) is 4.31 Å². The van der Waals surface area contributed by atoms with Gasteiger partial charge in [-0.05, 0) is 43.0 Å². The second-order valence-electron chi connectivity index (χ2n) is 4.97. The standard InChI is InChI=1S/C14H18N2O2S/c17-19(18,16-9-2-1-3-10-16)13-6-7-14-12(11-13)5-4-8-15-14/h1-2,6-7,11,15H,3-5,8-10H2. The molecule has 0 atom stereocenters. The molecule has 1 aromatic carbocycles.